The highest BCUT2D eigenvalue weighted by Gasteiger charge is 2.65. The van der Waals surface area contributed by atoms with Gasteiger partial charge in [-0.3, -0.25) is 9.59 Å². The minimum atomic E-state index is -1.03. The largest absolute Gasteiger partial charge is 0.480 e. The minimum Gasteiger partial charge on any atom is -0.480 e. The lowest BCUT2D eigenvalue weighted by atomic mass is 9.43. The first kappa shape index (κ1) is 24.9. The summed E-state index contributed by atoms with van der Waals surface area (Å²) < 4.78 is 0. The molecule has 0 aliphatic heterocycles. The lowest BCUT2D eigenvalue weighted by Gasteiger charge is -2.63. The molecule has 0 aromatic heterocycles. The Morgan fingerprint density at radius 1 is 0.939 bits per heavy atom. The average molecular weight is 466 g/mol. The fourth-order valence-electron chi connectivity index (χ4n) is 9.04. The Morgan fingerprint density at radius 3 is 2.30 bits per heavy atom. The maximum atomic E-state index is 12.0. The highest BCUT2D eigenvalue weighted by atomic mass is 16.4. The van der Waals surface area contributed by atoms with Crippen molar-refractivity contribution < 1.29 is 30.0 Å². The highest BCUT2D eigenvalue weighted by Crippen LogP contribution is 2.68. The van der Waals surface area contributed by atoms with Gasteiger partial charge in [0.2, 0.25) is 5.91 Å². The molecule has 188 valence electrons. The number of carboxylic acids is 1. The Bertz CT molecular complexity index is 759. The molecule has 5 N–H and O–H groups in total. The molecule has 0 heterocycles. The van der Waals surface area contributed by atoms with Crippen LogP contribution in [-0.2, 0) is 9.59 Å². The molecule has 0 radical (unpaired) electrons. The third-order valence-corrected chi connectivity index (χ3v) is 10.7. The molecule has 0 unspecified atom stereocenters. The Labute approximate surface area is 197 Å². The standard InChI is InChI=1S/C26H43NO6/c1-14(4-7-20(29)27-13-21(30)31)16-5-6-17-22-18(9-11-25(16,17)2)26(3)10-8-15(28)12-19(26)23(32)24(22)33/h14-19,22-24,28,32-33H,4-13H2,1-3H3,(H,27,29)(H,30,31)/t14-,15-,16+,17-,18+,19+,22+,23+,24-,25-,26-/m1/s1. The maximum Gasteiger partial charge on any atom is 0.322 e. The van der Waals surface area contributed by atoms with Gasteiger partial charge in [-0.1, -0.05) is 20.8 Å². The lowest BCUT2D eigenvalue weighted by Crippen LogP contribution is -2.64. The van der Waals surface area contributed by atoms with Crippen LogP contribution in [0.25, 0.3) is 0 Å². The van der Waals surface area contributed by atoms with Gasteiger partial charge >= 0.3 is 5.97 Å². The van der Waals surface area contributed by atoms with Crippen LogP contribution in [0.1, 0.15) is 78.6 Å². The lowest BCUT2D eigenvalue weighted by molar-refractivity contribution is -0.223. The van der Waals surface area contributed by atoms with E-state index in [4.69, 9.17) is 5.11 Å². The molecule has 4 saturated carbocycles. The minimum absolute atomic E-state index is 0.0319. The molecule has 4 fully saturated rings. The van der Waals surface area contributed by atoms with Gasteiger partial charge < -0.3 is 25.7 Å². The molecular formula is C26H43NO6. The van der Waals surface area contributed by atoms with E-state index in [1.807, 2.05) is 0 Å². The first-order chi connectivity index (χ1) is 15.5. The summed E-state index contributed by atoms with van der Waals surface area (Å²) in [5.41, 5.74) is 0.0476. The second-order valence-electron chi connectivity index (χ2n) is 12.2. The number of nitrogens with one attached hydrogen (secondary N) is 1. The monoisotopic (exact) mass is 465 g/mol. The Morgan fingerprint density at radius 2 is 1.61 bits per heavy atom. The summed E-state index contributed by atoms with van der Waals surface area (Å²) in [5.74, 6) is 0.340. The van der Waals surface area contributed by atoms with Gasteiger partial charge in [0.1, 0.15) is 6.54 Å². The predicted octanol–water partition coefficient (Wildman–Crippen LogP) is 2.56. The van der Waals surface area contributed by atoms with Crippen molar-refractivity contribution in [3.63, 3.8) is 0 Å². The molecule has 0 saturated heterocycles. The van der Waals surface area contributed by atoms with Gasteiger partial charge in [0.15, 0.2) is 0 Å². The van der Waals surface area contributed by atoms with Crippen molar-refractivity contribution in [1.82, 2.24) is 5.32 Å². The predicted molar refractivity (Wildman–Crippen MR) is 123 cm³/mol. The molecular weight excluding hydrogens is 422 g/mol. The van der Waals surface area contributed by atoms with E-state index in [-0.39, 0.29) is 41.2 Å². The SMILES string of the molecule is C[C@H](CCC(=O)NCC(=O)O)[C@@H]1CC[C@@H]2[C@@H]3[C@@H](O)[C@@H](O)[C@@H]4C[C@H](O)CC[C@]4(C)[C@H]3CC[C@@]21C. The first-order valence-corrected chi connectivity index (χ1v) is 13.0. The highest BCUT2D eigenvalue weighted by molar-refractivity contribution is 5.81. The van der Waals surface area contributed by atoms with Crippen molar-refractivity contribution in [3.05, 3.63) is 0 Å². The molecule has 4 rings (SSSR count). The van der Waals surface area contributed by atoms with Crippen LogP contribution in [-0.4, -0.2) is 57.2 Å². The van der Waals surface area contributed by atoms with E-state index in [9.17, 15) is 24.9 Å². The van der Waals surface area contributed by atoms with Crippen LogP contribution in [0.2, 0.25) is 0 Å². The van der Waals surface area contributed by atoms with E-state index in [1.54, 1.807) is 0 Å². The fraction of sp³-hybridized carbons (Fsp3) is 0.923. The van der Waals surface area contributed by atoms with Gasteiger partial charge in [-0.25, -0.2) is 0 Å². The van der Waals surface area contributed by atoms with E-state index >= 15 is 0 Å². The first-order valence-electron chi connectivity index (χ1n) is 13.0. The summed E-state index contributed by atoms with van der Waals surface area (Å²) in [4.78, 5) is 22.7. The summed E-state index contributed by atoms with van der Waals surface area (Å²) in [6.07, 6.45) is 5.74. The van der Waals surface area contributed by atoms with Gasteiger partial charge in [-0.2, -0.15) is 0 Å². The van der Waals surface area contributed by atoms with Crippen LogP contribution in [0.4, 0.5) is 0 Å². The molecule has 0 aromatic rings. The quantitative estimate of drug-likeness (QED) is 0.410. The zero-order valence-corrected chi connectivity index (χ0v) is 20.4. The van der Waals surface area contributed by atoms with Crippen molar-refractivity contribution in [2.24, 2.45) is 46.3 Å². The number of aliphatic hydroxyl groups is 3. The maximum absolute atomic E-state index is 12.0. The molecule has 0 spiro atoms. The number of aliphatic hydroxyl groups excluding tert-OH is 3. The van der Waals surface area contributed by atoms with Crippen LogP contribution < -0.4 is 5.32 Å². The van der Waals surface area contributed by atoms with Crippen molar-refractivity contribution >= 4 is 11.9 Å². The number of rotatable bonds is 6. The number of hydrogen-bond donors (Lipinski definition) is 5. The third kappa shape index (κ3) is 4.23. The number of carbonyl (C=O) groups excluding carboxylic acids is 1. The third-order valence-electron chi connectivity index (χ3n) is 10.7. The smallest absolute Gasteiger partial charge is 0.322 e. The second kappa shape index (κ2) is 9.12. The van der Waals surface area contributed by atoms with Crippen molar-refractivity contribution in [2.75, 3.05) is 6.54 Å². The topological polar surface area (TPSA) is 127 Å². The normalized spacial score (nSPS) is 47.7. The van der Waals surface area contributed by atoms with E-state index in [1.165, 1.54) is 0 Å². The summed E-state index contributed by atoms with van der Waals surface area (Å²) >= 11 is 0. The van der Waals surface area contributed by atoms with Crippen molar-refractivity contribution in [2.45, 2.75) is 96.9 Å². The van der Waals surface area contributed by atoms with Gasteiger partial charge in [0.05, 0.1) is 18.3 Å². The second-order valence-corrected chi connectivity index (χ2v) is 12.2. The molecule has 4 aliphatic carbocycles. The molecule has 0 aromatic carbocycles. The molecule has 4 aliphatic rings. The average Bonchev–Trinajstić information content (AvgIpc) is 3.12. The number of carbonyl (C=O) groups is 2. The summed E-state index contributed by atoms with van der Waals surface area (Å²) in [6.45, 7) is 6.53. The van der Waals surface area contributed by atoms with Gasteiger partial charge in [0.25, 0.3) is 0 Å². The Hall–Kier alpha value is -1.18. The van der Waals surface area contributed by atoms with Crippen LogP contribution in [0.15, 0.2) is 0 Å². The molecule has 7 nitrogen and oxygen atoms in total. The zero-order chi connectivity index (χ0) is 24.1. The van der Waals surface area contributed by atoms with Gasteiger partial charge in [0, 0.05) is 6.42 Å². The van der Waals surface area contributed by atoms with Gasteiger partial charge in [-0.15, -0.1) is 0 Å². The summed E-state index contributed by atoms with van der Waals surface area (Å²) in [6, 6.07) is 0. The van der Waals surface area contributed by atoms with E-state index in [0.717, 1.165) is 44.9 Å². The van der Waals surface area contributed by atoms with Crippen LogP contribution >= 0.6 is 0 Å². The summed E-state index contributed by atoms with van der Waals surface area (Å²) in [7, 11) is 0. The number of amides is 1. The van der Waals surface area contributed by atoms with E-state index < -0.39 is 18.2 Å². The molecule has 7 heteroatoms. The number of fused-ring (bicyclic) bond motifs is 5. The Balaban J connectivity index is 1.47. The van der Waals surface area contributed by atoms with Crippen LogP contribution in [0.5, 0.6) is 0 Å². The van der Waals surface area contributed by atoms with E-state index in [2.05, 4.69) is 26.1 Å². The molecule has 1 amide bonds. The van der Waals surface area contributed by atoms with Crippen LogP contribution in [0.3, 0.4) is 0 Å². The molecule has 11 atom stereocenters. The molecule has 33 heavy (non-hydrogen) atoms. The number of aliphatic carboxylic acids is 1. The number of hydrogen-bond acceptors (Lipinski definition) is 5. The fourth-order valence-corrected chi connectivity index (χ4v) is 9.04. The van der Waals surface area contributed by atoms with Gasteiger partial charge in [-0.05, 0) is 97.7 Å². The summed E-state index contributed by atoms with van der Waals surface area (Å²) in [5, 5.41) is 44.0. The Kier molecular flexibility index (Phi) is 6.89. The van der Waals surface area contributed by atoms with Crippen molar-refractivity contribution in [3.8, 4) is 0 Å². The van der Waals surface area contributed by atoms with E-state index in [0.29, 0.717) is 36.5 Å². The molecule has 0 bridgehead atoms. The zero-order valence-electron chi connectivity index (χ0n) is 20.4. The van der Waals surface area contributed by atoms with Crippen LogP contribution in [0, 0.1) is 46.3 Å². The van der Waals surface area contributed by atoms with Crippen molar-refractivity contribution in [1.29, 1.82) is 0 Å². The number of carboxylic acid groups (broad SMARTS) is 1.